The van der Waals surface area contributed by atoms with Crippen LogP contribution >= 0.6 is 11.8 Å². The predicted molar refractivity (Wildman–Crippen MR) is 176 cm³/mol. The second-order valence-corrected chi connectivity index (χ2v) is 12.3. The fourth-order valence-electron chi connectivity index (χ4n) is 7.50. The van der Waals surface area contributed by atoms with Gasteiger partial charge in [0.15, 0.2) is 0 Å². The lowest BCUT2D eigenvalue weighted by atomic mass is 9.66. The van der Waals surface area contributed by atoms with Crippen LogP contribution in [0.1, 0.15) is 22.3 Å². The van der Waals surface area contributed by atoms with Crippen LogP contribution in [0, 0.1) is 0 Å². The summed E-state index contributed by atoms with van der Waals surface area (Å²) in [5, 5.41) is 2.65. The van der Waals surface area contributed by atoms with E-state index in [2.05, 4.69) is 158 Å². The Kier molecular flexibility index (Phi) is 5.15. The quantitative estimate of drug-likeness (QED) is 0.211. The SMILES string of the molecule is c1ccc(C2(c3ccccc3)c3ccccc3-c3cccc(-c4ccc5cccc6c5c4Sc4ccccc4-6)c32)cc1. The highest BCUT2D eigenvalue weighted by molar-refractivity contribution is 8.00. The van der Waals surface area contributed by atoms with Gasteiger partial charge >= 0.3 is 0 Å². The zero-order valence-corrected chi connectivity index (χ0v) is 23.7. The van der Waals surface area contributed by atoms with E-state index in [0.29, 0.717) is 0 Å². The maximum atomic E-state index is 2.36. The smallest absolute Gasteiger partial charge is 0.0719 e. The molecule has 0 atom stereocenters. The minimum Gasteiger partial charge on any atom is -0.0881 e. The molecule has 1 aliphatic carbocycles. The first kappa shape index (κ1) is 23.8. The van der Waals surface area contributed by atoms with Crippen LogP contribution in [0.25, 0.3) is 44.2 Å². The average molecular weight is 551 g/mol. The molecule has 0 amide bonds. The summed E-state index contributed by atoms with van der Waals surface area (Å²) in [6.07, 6.45) is 0. The molecule has 2 aliphatic rings. The maximum Gasteiger partial charge on any atom is 0.0719 e. The van der Waals surface area contributed by atoms with Crippen LogP contribution in [0.5, 0.6) is 0 Å². The molecule has 7 aromatic rings. The van der Waals surface area contributed by atoms with Gasteiger partial charge in [-0.25, -0.2) is 0 Å². The third-order valence-corrected chi connectivity index (χ3v) is 10.4. The van der Waals surface area contributed by atoms with E-state index in [-0.39, 0.29) is 0 Å². The van der Waals surface area contributed by atoms with Crippen molar-refractivity contribution in [3.05, 3.63) is 180 Å². The van der Waals surface area contributed by atoms with Crippen LogP contribution in [0.15, 0.2) is 168 Å². The zero-order chi connectivity index (χ0) is 27.7. The topological polar surface area (TPSA) is 0 Å². The van der Waals surface area contributed by atoms with Gasteiger partial charge in [0.2, 0.25) is 0 Å². The Morgan fingerprint density at radius 1 is 0.381 bits per heavy atom. The van der Waals surface area contributed by atoms with E-state index in [0.717, 1.165) is 0 Å². The van der Waals surface area contributed by atoms with Crippen molar-refractivity contribution in [2.24, 2.45) is 0 Å². The van der Waals surface area contributed by atoms with Crippen molar-refractivity contribution in [1.29, 1.82) is 0 Å². The van der Waals surface area contributed by atoms with E-state index in [1.165, 1.54) is 76.2 Å². The Labute approximate surface area is 250 Å². The van der Waals surface area contributed by atoms with Crippen molar-refractivity contribution in [3.8, 4) is 33.4 Å². The van der Waals surface area contributed by atoms with E-state index in [1.807, 2.05) is 11.8 Å². The van der Waals surface area contributed by atoms with Crippen molar-refractivity contribution in [2.45, 2.75) is 15.2 Å². The number of hydrogen-bond donors (Lipinski definition) is 0. The van der Waals surface area contributed by atoms with E-state index in [9.17, 15) is 0 Å². The third-order valence-electron chi connectivity index (χ3n) is 9.15. The lowest BCUT2D eigenvalue weighted by Gasteiger charge is -2.35. The summed E-state index contributed by atoms with van der Waals surface area (Å²) >= 11 is 1.92. The predicted octanol–water partition coefficient (Wildman–Crippen LogP) is 11.0. The molecule has 1 aliphatic heterocycles. The summed E-state index contributed by atoms with van der Waals surface area (Å²) in [7, 11) is 0. The van der Waals surface area contributed by atoms with Crippen LogP contribution < -0.4 is 0 Å². The molecule has 0 spiro atoms. The third kappa shape index (κ3) is 3.15. The zero-order valence-electron chi connectivity index (χ0n) is 22.9. The van der Waals surface area contributed by atoms with Crippen LogP contribution in [0.3, 0.4) is 0 Å². The van der Waals surface area contributed by atoms with Crippen LogP contribution in [0.4, 0.5) is 0 Å². The van der Waals surface area contributed by atoms with E-state index in [4.69, 9.17) is 0 Å². The van der Waals surface area contributed by atoms with E-state index in [1.54, 1.807) is 0 Å². The number of rotatable bonds is 3. The largest absolute Gasteiger partial charge is 0.0881 e. The fourth-order valence-corrected chi connectivity index (χ4v) is 8.78. The molecule has 9 rings (SSSR count). The number of fused-ring (bicyclic) bond motifs is 5. The first-order chi connectivity index (χ1) is 20.9. The van der Waals surface area contributed by atoms with Crippen molar-refractivity contribution in [2.75, 3.05) is 0 Å². The Morgan fingerprint density at radius 2 is 0.952 bits per heavy atom. The van der Waals surface area contributed by atoms with Crippen LogP contribution in [0.2, 0.25) is 0 Å². The molecule has 1 heteroatoms. The summed E-state index contributed by atoms with van der Waals surface area (Å²) < 4.78 is 0. The first-order valence-corrected chi connectivity index (χ1v) is 15.3. The second-order valence-electron chi connectivity index (χ2n) is 11.2. The van der Waals surface area contributed by atoms with Gasteiger partial charge in [-0.05, 0) is 67.1 Å². The highest BCUT2D eigenvalue weighted by Crippen LogP contribution is 2.60. The first-order valence-electron chi connectivity index (χ1n) is 14.5. The van der Waals surface area contributed by atoms with Crippen molar-refractivity contribution >= 4 is 22.5 Å². The van der Waals surface area contributed by atoms with Crippen LogP contribution in [-0.2, 0) is 5.41 Å². The fraction of sp³-hybridized carbons (Fsp3) is 0.0244. The molecule has 0 aromatic heterocycles. The number of hydrogen-bond acceptors (Lipinski definition) is 1. The Hall–Kier alpha value is -4.85. The van der Waals surface area contributed by atoms with Gasteiger partial charge in [-0.1, -0.05) is 163 Å². The van der Waals surface area contributed by atoms with Gasteiger partial charge in [-0.15, -0.1) is 0 Å². The molecule has 196 valence electrons. The van der Waals surface area contributed by atoms with E-state index >= 15 is 0 Å². The lowest BCUT2D eigenvalue weighted by Crippen LogP contribution is -2.29. The Morgan fingerprint density at radius 3 is 1.71 bits per heavy atom. The van der Waals surface area contributed by atoms with Gasteiger partial charge in [0.1, 0.15) is 0 Å². The van der Waals surface area contributed by atoms with Crippen LogP contribution in [-0.4, -0.2) is 0 Å². The standard InChI is InChI=1S/C41H26S/c1-3-14-28(15-4-1)41(29-16-5-2-6-17-29)36-23-9-7-18-30(36)33-21-12-22-34(39(33)41)35-26-25-27-13-11-20-32-31-19-8-10-24-37(31)42-40(35)38(27)32/h1-26H. The molecular formula is C41H26S. The molecule has 0 nitrogen and oxygen atoms in total. The van der Waals surface area contributed by atoms with Gasteiger partial charge < -0.3 is 0 Å². The molecule has 0 saturated carbocycles. The minimum absolute atomic E-state index is 0.441. The molecule has 0 radical (unpaired) electrons. The average Bonchev–Trinajstić information content (AvgIpc) is 3.37. The van der Waals surface area contributed by atoms with Gasteiger partial charge in [0, 0.05) is 15.2 Å². The molecule has 7 aromatic carbocycles. The molecule has 0 fully saturated rings. The highest BCUT2D eigenvalue weighted by atomic mass is 32.2. The van der Waals surface area contributed by atoms with Gasteiger partial charge in [-0.3, -0.25) is 0 Å². The summed E-state index contributed by atoms with van der Waals surface area (Å²) in [6.45, 7) is 0. The van der Waals surface area contributed by atoms with E-state index < -0.39 is 5.41 Å². The molecule has 0 N–H and O–H groups in total. The molecule has 0 saturated heterocycles. The Bertz CT molecular complexity index is 2120. The van der Waals surface area contributed by atoms with Crippen molar-refractivity contribution in [3.63, 3.8) is 0 Å². The maximum absolute atomic E-state index is 2.36. The molecule has 42 heavy (non-hydrogen) atoms. The van der Waals surface area contributed by atoms with Gasteiger partial charge in [0.25, 0.3) is 0 Å². The lowest BCUT2D eigenvalue weighted by molar-refractivity contribution is 0.770. The van der Waals surface area contributed by atoms with Crippen molar-refractivity contribution < 1.29 is 0 Å². The normalized spacial score (nSPS) is 13.8. The molecule has 1 heterocycles. The molecular weight excluding hydrogens is 525 g/mol. The minimum atomic E-state index is -0.441. The van der Waals surface area contributed by atoms with Gasteiger partial charge in [0.05, 0.1) is 5.41 Å². The summed E-state index contributed by atoms with van der Waals surface area (Å²) in [4.78, 5) is 2.67. The molecule has 0 bridgehead atoms. The molecule has 0 unspecified atom stereocenters. The highest BCUT2D eigenvalue weighted by Gasteiger charge is 2.47. The number of benzene rings is 7. The Balaban J connectivity index is 1.43. The second kappa shape index (κ2) is 9.08. The summed E-state index contributed by atoms with van der Waals surface area (Å²) in [5.41, 5.74) is 12.8. The summed E-state index contributed by atoms with van der Waals surface area (Å²) in [6, 6.07) is 58.4. The van der Waals surface area contributed by atoms with Gasteiger partial charge in [-0.2, -0.15) is 0 Å². The van der Waals surface area contributed by atoms with Crippen molar-refractivity contribution in [1.82, 2.24) is 0 Å². The monoisotopic (exact) mass is 550 g/mol. The summed E-state index contributed by atoms with van der Waals surface area (Å²) in [5.74, 6) is 0.